The molecule has 1 aromatic rings. The van der Waals surface area contributed by atoms with Gasteiger partial charge in [0, 0.05) is 18.0 Å². The minimum absolute atomic E-state index is 0.146. The number of benzene rings is 1. The number of aliphatic hydroxyl groups excluding tert-OH is 2. The molecule has 1 saturated heterocycles. The number of phenols is 1. The number of hydrogen-bond donors (Lipinski definition) is 3. The molecule has 0 radical (unpaired) electrons. The van der Waals surface area contributed by atoms with Gasteiger partial charge in [0.15, 0.2) is 0 Å². The van der Waals surface area contributed by atoms with Gasteiger partial charge in [0.25, 0.3) is 0 Å². The highest BCUT2D eigenvalue weighted by Crippen LogP contribution is 2.46. The van der Waals surface area contributed by atoms with Crippen LogP contribution in [-0.4, -0.2) is 51.3 Å². The van der Waals surface area contributed by atoms with Gasteiger partial charge in [0.1, 0.15) is 5.75 Å². The lowest BCUT2D eigenvalue weighted by atomic mass is 9.68. The Morgan fingerprint density at radius 2 is 1.94 bits per heavy atom. The zero-order valence-corrected chi connectivity index (χ0v) is 19.3. The molecule has 0 bridgehead atoms. The van der Waals surface area contributed by atoms with E-state index in [4.69, 9.17) is 0 Å². The number of amides is 2. The molecular formula is C26H35NO5. The topological polar surface area (TPSA) is 98.1 Å². The predicted molar refractivity (Wildman–Crippen MR) is 123 cm³/mol. The molecular weight excluding hydrogens is 406 g/mol. The van der Waals surface area contributed by atoms with Crippen molar-refractivity contribution >= 4 is 17.9 Å². The molecule has 3 N–H and O–H groups in total. The first-order valence-electron chi connectivity index (χ1n) is 11.6. The first-order chi connectivity index (χ1) is 15.3. The number of rotatable bonds is 9. The van der Waals surface area contributed by atoms with Crippen LogP contribution in [0.3, 0.4) is 0 Å². The number of nitrogens with zero attached hydrogens (tertiary/aromatic N) is 1. The average molecular weight is 442 g/mol. The molecule has 0 saturated carbocycles. The molecule has 1 fully saturated rings. The maximum Gasteiger partial charge on any atom is 0.233 e. The molecule has 6 heteroatoms. The summed E-state index contributed by atoms with van der Waals surface area (Å²) in [4.78, 5) is 27.1. The van der Waals surface area contributed by atoms with Gasteiger partial charge in [0.05, 0.1) is 24.5 Å². The molecule has 32 heavy (non-hydrogen) atoms. The van der Waals surface area contributed by atoms with E-state index in [-0.39, 0.29) is 24.2 Å². The molecule has 0 spiro atoms. The highest BCUT2D eigenvalue weighted by Gasteiger charge is 2.53. The average Bonchev–Trinajstić information content (AvgIpc) is 3.01. The maximum absolute atomic E-state index is 13.0. The quantitative estimate of drug-likeness (QED) is 0.401. The van der Waals surface area contributed by atoms with Crippen LogP contribution >= 0.6 is 0 Å². The standard InChI is InChI=1S/C26H35NO5/c1-4-12-27-25(31)19-13-16(3)23(20(15-28)24(19)26(27)32)22(30)11-10-17(5-2)14-18-8-6-7-9-21(18)29/h6-9,14,19-20,22,24,28-30H,4-5,10-13,15H2,1-3H3/b17-14+/t19-,20+,22-,24-/m1/s1. The van der Waals surface area contributed by atoms with E-state index in [1.165, 1.54) is 4.90 Å². The molecule has 1 aliphatic heterocycles. The number of carbonyl (C=O) groups is 2. The number of hydrogen-bond acceptors (Lipinski definition) is 5. The molecule has 1 aliphatic carbocycles. The zero-order chi connectivity index (χ0) is 23.4. The minimum atomic E-state index is -0.796. The number of fused-ring (bicyclic) bond motifs is 1. The van der Waals surface area contributed by atoms with Crippen LogP contribution in [0.15, 0.2) is 41.0 Å². The first kappa shape index (κ1) is 24.2. The van der Waals surface area contributed by atoms with Gasteiger partial charge >= 0.3 is 0 Å². The van der Waals surface area contributed by atoms with Gasteiger partial charge in [-0.05, 0) is 50.7 Å². The van der Waals surface area contributed by atoms with E-state index in [0.717, 1.165) is 23.1 Å². The van der Waals surface area contributed by atoms with Gasteiger partial charge in [-0.25, -0.2) is 0 Å². The summed E-state index contributed by atoms with van der Waals surface area (Å²) in [6.45, 7) is 6.00. The number of aliphatic hydroxyl groups is 2. The molecule has 0 unspecified atom stereocenters. The van der Waals surface area contributed by atoms with Gasteiger partial charge in [0.2, 0.25) is 11.8 Å². The Bertz CT molecular complexity index is 919. The van der Waals surface area contributed by atoms with Gasteiger partial charge in [-0.1, -0.05) is 49.3 Å². The molecule has 2 aliphatic rings. The Hall–Kier alpha value is -2.44. The number of carbonyl (C=O) groups excluding carboxylic acids is 2. The summed E-state index contributed by atoms with van der Waals surface area (Å²) in [5.41, 5.74) is 3.46. The Morgan fingerprint density at radius 1 is 1.22 bits per heavy atom. The van der Waals surface area contributed by atoms with E-state index in [1.807, 2.05) is 39.0 Å². The number of likely N-dealkylation sites (tertiary alicyclic amines) is 1. The zero-order valence-electron chi connectivity index (χ0n) is 19.3. The fraction of sp³-hybridized carbons (Fsp3) is 0.538. The highest BCUT2D eigenvalue weighted by molar-refractivity contribution is 6.05. The van der Waals surface area contributed by atoms with Crippen molar-refractivity contribution < 1.29 is 24.9 Å². The summed E-state index contributed by atoms with van der Waals surface area (Å²) < 4.78 is 0. The lowest BCUT2D eigenvalue weighted by Crippen LogP contribution is -2.38. The third-order valence-corrected chi connectivity index (χ3v) is 6.91. The Kier molecular flexibility index (Phi) is 7.91. The summed E-state index contributed by atoms with van der Waals surface area (Å²) in [6, 6.07) is 7.14. The van der Waals surface area contributed by atoms with Crippen LogP contribution in [0.25, 0.3) is 6.08 Å². The molecule has 2 amide bonds. The molecule has 3 rings (SSSR count). The smallest absolute Gasteiger partial charge is 0.233 e. The van der Waals surface area contributed by atoms with Crippen LogP contribution < -0.4 is 0 Å². The van der Waals surface area contributed by atoms with Crippen LogP contribution in [0.5, 0.6) is 5.75 Å². The summed E-state index contributed by atoms with van der Waals surface area (Å²) >= 11 is 0. The van der Waals surface area contributed by atoms with E-state index in [1.54, 1.807) is 12.1 Å². The van der Waals surface area contributed by atoms with Crippen LogP contribution in [0.1, 0.15) is 58.4 Å². The molecule has 1 heterocycles. The normalized spacial score (nSPS) is 24.8. The molecule has 174 valence electrons. The van der Waals surface area contributed by atoms with E-state index in [2.05, 4.69) is 0 Å². The number of phenolic OH excluding ortho intramolecular Hbond substituents is 1. The highest BCUT2D eigenvalue weighted by atomic mass is 16.3. The van der Waals surface area contributed by atoms with Gasteiger partial charge < -0.3 is 15.3 Å². The van der Waals surface area contributed by atoms with Gasteiger partial charge in [-0.3, -0.25) is 14.5 Å². The van der Waals surface area contributed by atoms with Gasteiger partial charge in [-0.15, -0.1) is 0 Å². The number of para-hydroxylation sites is 1. The third kappa shape index (κ3) is 4.66. The Balaban J connectivity index is 1.78. The predicted octanol–water partition coefficient (Wildman–Crippen LogP) is 3.67. The maximum atomic E-state index is 13.0. The van der Waals surface area contributed by atoms with Crippen LogP contribution in [0, 0.1) is 17.8 Å². The minimum Gasteiger partial charge on any atom is -0.507 e. The van der Waals surface area contributed by atoms with Crippen molar-refractivity contribution in [3.05, 3.63) is 46.5 Å². The van der Waals surface area contributed by atoms with Crippen molar-refractivity contribution in [2.45, 2.75) is 59.0 Å². The molecule has 0 aromatic heterocycles. The summed E-state index contributed by atoms with van der Waals surface area (Å²) in [7, 11) is 0. The Morgan fingerprint density at radius 3 is 2.56 bits per heavy atom. The largest absolute Gasteiger partial charge is 0.507 e. The lowest BCUT2D eigenvalue weighted by molar-refractivity contribution is -0.140. The van der Waals surface area contributed by atoms with Crippen molar-refractivity contribution in [1.29, 1.82) is 0 Å². The number of aromatic hydroxyl groups is 1. The third-order valence-electron chi connectivity index (χ3n) is 6.91. The fourth-order valence-corrected chi connectivity index (χ4v) is 5.28. The van der Waals surface area contributed by atoms with E-state index in [0.29, 0.717) is 37.8 Å². The molecule has 1 aromatic carbocycles. The fourth-order valence-electron chi connectivity index (χ4n) is 5.28. The van der Waals surface area contributed by atoms with E-state index in [9.17, 15) is 24.9 Å². The monoisotopic (exact) mass is 441 g/mol. The second-order valence-corrected chi connectivity index (χ2v) is 8.96. The summed E-state index contributed by atoms with van der Waals surface area (Å²) in [5.74, 6) is -1.70. The van der Waals surface area contributed by atoms with Crippen molar-refractivity contribution in [3.63, 3.8) is 0 Å². The number of imide groups is 1. The van der Waals surface area contributed by atoms with Crippen LogP contribution in [-0.2, 0) is 9.59 Å². The van der Waals surface area contributed by atoms with Crippen molar-refractivity contribution in [2.75, 3.05) is 13.2 Å². The second kappa shape index (κ2) is 10.5. The van der Waals surface area contributed by atoms with Crippen molar-refractivity contribution in [3.8, 4) is 5.75 Å². The lowest BCUT2D eigenvalue weighted by Gasteiger charge is -2.35. The van der Waals surface area contributed by atoms with E-state index < -0.39 is 23.9 Å². The van der Waals surface area contributed by atoms with Crippen molar-refractivity contribution in [1.82, 2.24) is 4.90 Å². The molecule has 4 atom stereocenters. The van der Waals surface area contributed by atoms with Crippen LogP contribution in [0.2, 0.25) is 0 Å². The second-order valence-electron chi connectivity index (χ2n) is 8.96. The van der Waals surface area contributed by atoms with Gasteiger partial charge in [-0.2, -0.15) is 0 Å². The first-order valence-corrected chi connectivity index (χ1v) is 11.6. The van der Waals surface area contributed by atoms with E-state index >= 15 is 0 Å². The summed E-state index contributed by atoms with van der Waals surface area (Å²) in [6.07, 6.45) is 4.17. The molecule has 6 nitrogen and oxygen atoms in total. The van der Waals surface area contributed by atoms with Crippen molar-refractivity contribution in [2.24, 2.45) is 17.8 Å². The SMILES string of the molecule is CCCN1C(=O)[C@@H]2[C@@H](CC(C)=C([C@H](O)CC/C(=C/c3ccccc3O)CC)[C@@H]2CO)C1=O. The Labute approximate surface area is 190 Å². The number of allylic oxidation sites excluding steroid dienone is 2. The van der Waals surface area contributed by atoms with Crippen LogP contribution in [0.4, 0.5) is 0 Å². The summed E-state index contributed by atoms with van der Waals surface area (Å²) in [5, 5.41) is 31.3.